The first-order valence-electron chi connectivity index (χ1n) is 9.45. The summed E-state index contributed by atoms with van der Waals surface area (Å²) in [6.45, 7) is 4.20. The molecule has 0 saturated carbocycles. The molecule has 27 heavy (non-hydrogen) atoms. The molecule has 1 unspecified atom stereocenters. The predicted molar refractivity (Wildman–Crippen MR) is 99.9 cm³/mol. The van der Waals surface area contributed by atoms with Gasteiger partial charge in [0.1, 0.15) is 0 Å². The lowest BCUT2D eigenvalue weighted by Gasteiger charge is -2.32. The Morgan fingerprint density at radius 3 is 2.37 bits per heavy atom. The van der Waals surface area contributed by atoms with Crippen molar-refractivity contribution < 1.29 is 23.1 Å². The maximum Gasteiger partial charge on any atom is 0.337 e. The van der Waals surface area contributed by atoms with Crippen LogP contribution in [-0.2, 0) is 14.8 Å². The zero-order valence-corrected chi connectivity index (χ0v) is 16.3. The van der Waals surface area contributed by atoms with Crippen molar-refractivity contribution in [2.24, 2.45) is 11.8 Å². The van der Waals surface area contributed by atoms with Crippen LogP contribution in [0.1, 0.15) is 43.0 Å². The standard InChI is InChI=1S/C19H26N2O5S/c1-2-14-7-10-20(13-14)18(22)15-8-11-21(12-9-15)27(25,26)17-6-4-3-5-16(17)19(23)24/h3-6,14-15H,2,7-13H2,1H3,(H,23,24). The van der Waals surface area contributed by atoms with Gasteiger partial charge in [-0.2, -0.15) is 4.31 Å². The van der Waals surface area contributed by atoms with Crippen molar-refractivity contribution >= 4 is 21.9 Å². The van der Waals surface area contributed by atoms with Gasteiger partial charge >= 0.3 is 5.97 Å². The van der Waals surface area contributed by atoms with Gasteiger partial charge < -0.3 is 10.0 Å². The minimum absolute atomic E-state index is 0.133. The Kier molecular flexibility index (Phi) is 5.86. The smallest absolute Gasteiger partial charge is 0.337 e. The maximum absolute atomic E-state index is 12.9. The van der Waals surface area contributed by atoms with Gasteiger partial charge in [0.05, 0.1) is 10.5 Å². The lowest BCUT2D eigenvalue weighted by atomic mass is 9.96. The number of likely N-dealkylation sites (tertiary alicyclic amines) is 1. The van der Waals surface area contributed by atoms with Crippen molar-refractivity contribution in [1.82, 2.24) is 9.21 Å². The molecule has 2 aliphatic heterocycles. The van der Waals surface area contributed by atoms with E-state index in [-0.39, 0.29) is 35.4 Å². The minimum Gasteiger partial charge on any atom is -0.478 e. The quantitative estimate of drug-likeness (QED) is 0.825. The molecule has 0 radical (unpaired) electrons. The highest BCUT2D eigenvalue weighted by Crippen LogP contribution is 2.29. The highest BCUT2D eigenvalue weighted by molar-refractivity contribution is 7.89. The zero-order valence-electron chi connectivity index (χ0n) is 15.5. The van der Waals surface area contributed by atoms with Crippen LogP contribution in [0.3, 0.4) is 0 Å². The molecule has 2 aliphatic rings. The van der Waals surface area contributed by atoms with Gasteiger partial charge in [0.15, 0.2) is 0 Å². The molecule has 0 aliphatic carbocycles. The third-order valence-electron chi connectivity index (χ3n) is 5.71. The molecule has 7 nitrogen and oxygen atoms in total. The van der Waals surface area contributed by atoms with Crippen molar-refractivity contribution in [2.45, 2.75) is 37.5 Å². The van der Waals surface area contributed by atoms with E-state index in [4.69, 9.17) is 0 Å². The number of aromatic carboxylic acids is 1. The fourth-order valence-corrected chi connectivity index (χ4v) is 5.63. The number of carboxylic acids is 1. The molecule has 2 fully saturated rings. The lowest BCUT2D eigenvalue weighted by Crippen LogP contribution is -2.44. The minimum atomic E-state index is -3.89. The van der Waals surface area contributed by atoms with E-state index in [2.05, 4.69) is 6.92 Å². The molecule has 1 N–H and O–H groups in total. The van der Waals surface area contributed by atoms with Crippen LogP contribution in [0.15, 0.2) is 29.2 Å². The van der Waals surface area contributed by atoms with Gasteiger partial charge in [-0.1, -0.05) is 25.5 Å². The molecule has 1 atom stereocenters. The first kappa shape index (κ1) is 19.8. The Morgan fingerprint density at radius 1 is 1.11 bits per heavy atom. The van der Waals surface area contributed by atoms with Crippen molar-refractivity contribution in [1.29, 1.82) is 0 Å². The second-order valence-corrected chi connectivity index (χ2v) is 9.23. The maximum atomic E-state index is 12.9. The van der Waals surface area contributed by atoms with Gasteiger partial charge in [0.25, 0.3) is 0 Å². The van der Waals surface area contributed by atoms with E-state index < -0.39 is 16.0 Å². The van der Waals surface area contributed by atoms with Crippen LogP contribution in [-0.4, -0.2) is 60.8 Å². The number of rotatable bonds is 5. The van der Waals surface area contributed by atoms with Crippen molar-refractivity contribution in [3.63, 3.8) is 0 Å². The summed E-state index contributed by atoms with van der Waals surface area (Å²) in [4.78, 5) is 25.8. The largest absolute Gasteiger partial charge is 0.478 e. The average Bonchev–Trinajstić information content (AvgIpc) is 3.16. The van der Waals surface area contributed by atoms with Gasteiger partial charge in [0.2, 0.25) is 15.9 Å². The number of piperidine rings is 1. The van der Waals surface area contributed by atoms with Crippen LogP contribution in [0.2, 0.25) is 0 Å². The van der Waals surface area contributed by atoms with E-state index in [1.165, 1.54) is 28.6 Å². The Bertz CT molecular complexity index is 815. The Labute approximate surface area is 160 Å². The van der Waals surface area contributed by atoms with Gasteiger partial charge in [-0.05, 0) is 37.3 Å². The summed E-state index contributed by atoms with van der Waals surface area (Å²) in [6.07, 6.45) is 3.06. The van der Waals surface area contributed by atoms with Crippen LogP contribution in [0.25, 0.3) is 0 Å². The number of hydrogen-bond acceptors (Lipinski definition) is 4. The molecule has 8 heteroatoms. The fraction of sp³-hybridized carbons (Fsp3) is 0.579. The van der Waals surface area contributed by atoms with Crippen molar-refractivity contribution in [3.8, 4) is 0 Å². The van der Waals surface area contributed by atoms with E-state index in [0.717, 1.165) is 25.9 Å². The number of amides is 1. The number of nitrogens with zero attached hydrogens (tertiary/aromatic N) is 2. The van der Waals surface area contributed by atoms with E-state index in [0.29, 0.717) is 18.8 Å². The molecule has 0 bridgehead atoms. The normalized spacial score (nSPS) is 22.1. The van der Waals surface area contributed by atoms with Crippen LogP contribution in [0.5, 0.6) is 0 Å². The monoisotopic (exact) mass is 394 g/mol. The van der Waals surface area contributed by atoms with E-state index in [1.807, 2.05) is 4.90 Å². The molecular formula is C19H26N2O5S. The van der Waals surface area contributed by atoms with Gasteiger partial charge in [-0.25, -0.2) is 13.2 Å². The van der Waals surface area contributed by atoms with Crippen LogP contribution < -0.4 is 0 Å². The third kappa shape index (κ3) is 4.01. The first-order chi connectivity index (χ1) is 12.8. The topological polar surface area (TPSA) is 95.0 Å². The molecular weight excluding hydrogens is 368 g/mol. The highest BCUT2D eigenvalue weighted by Gasteiger charge is 2.36. The predicted octanol–water partition coefficient (Wildman–Crippen LogP) is 2.04. The molecule has 0 aromatic heterocycles. The first-order valence-corrected chi connectivity index (χ1v) is 10.9. The Hall–Kier alpha value is -1.93. The summed E-state index contributed by atoms with van der Waals surface area (Å²) in [5.41, 5.74) is -0.224. The van der Waals surface area contributed by atoms with Gasteiger partial charge in [-0.15, -0.1) is 0 Å². The van der Waals surface area contributed by atoms with Crippen LogP contribution >= 0.6 is 0 Å². The second-order valence-electron chi connectivity index (χ2n) is 7.33. The second kappa shape index (κ2) is 7.98. The molecule has 1 amide bonds. The highest BCUT2D eigenvalue weighted by atomic mass is 32.2. The Morgan fingerprint density at radius 2 is 1.78 bits per heavy atom. The van der Waals surface area contributed by atoms with Crippen molar-refractivity contribution in [2.75, 3.05) is 26.2 Å². The summed E-state index contributed by atoms with van der Waals surface area (Å²) in [6, 6.07) is 5.65. The number of carbonyl (C=O) groups excluding carboxylic acids is 1. The molecule has 1 aromatic carbocycles. The third-order valence-corrected chi connectivity index (χ3v) is 7.67. The van der Waals surface area contributed by atoms with E-state index in [9.17, 15) is 23.1 Å². The van der Waals surface area contributed by atoms with Crippen LogP contribution in [0, 0.1) is 11.8 Å². The molecule has 3 rings (SSSR count). The van der Waals surface area contributed by atoms with Crippen LogP contribution in [0.4, 0.5) is 0 Å². The zero-order chi connectivity index (χ0) is 19.6. The fourth-order valence-electron chi connectivity index (χ4n) is 3.97. The van der Waals surface area contributed by atoms with Crippen molar-refractivity contribution in [3.05, 3.63) is 29.8 Å². The summed E-state index contributed by atoms with van der Waals surface area (Å²) < 4.78 is 27.1. The lowest BCUT2D eigenvalue weighted by molar-refractivity contribution is -0.135. The summed E-state index contributed by atoms with van der Waals surface area (Å²) in [5, 5.41) is 9.27. The summed E-state index contributed by atoms with van der Waals surface area (Å²) in [5.74, 6) is -0.712. The van der Waals surface area contributed by atoms with Gasteiger partial charge in [-0.3, -0.25) is 4.79 Å². The molecule has 148 valence electrons. The number of sulfonamides is 1. The van der Waals surface area contributed by atoms with E-state index >= 15 is 0 Å². The molecule has 2 heterocycles. The number of benzene rings is 1. The number of carbonyl (C=O) groups is 2. The SMILES string of the molecule is CCC1CCN(C(=O)C2CCN(S(=O)(=O)c3ccccc3C(=O)O)CC2)C1. The molecule has 0 spiro atoms. The molecule has 2 saturated heterocycles. The average molecular weight is 394 g/mol. The summed E-state index contributed by atoms with van der Waals surface area (Å²) in [7, 11) is -3.89. The number of carboxylic acid groups (broad SMARTS) is 1. The van der Waals surface area contributed by atoms with Gasteiger partial charge in [0, 0.05) is 32.1 Å². The summed E-state index contributed by atoms with van der Waals surface area (Å²) >= 11 is 0. The van der Waals surface area contributed by atoms with E-state index in [1.54, 1.807) is 0 Å². The Balaban J connectivity index is 1.67. The number of hydrogen-bond donors (Lipinski definition) is 1. The molecule has 1 aromatic rings.